The number of fused-ring (bicyclic) bond motifs is 1. The molecule has 0 unspecified atom stereocenters. The molecule has 0 radical (unpaired) electrons. The predicted molar refractivity (Wildman–Crippen MR) is 91.2 cm³/mol. The zero-order valence-electron chi connectivity index (χ0n) is 13.7. The van der Waals surface area contributed by atoms with Crippen LogP contribution in [-0.4, -0.2) is 21.8 Å². The Morgan fingerprint density at radius 1 is 1.23 bits per heavy atom. The zero-order chi connectivity index (χ0) is 16.7. The second kappa shape index (κ2) is 5.87. The summed E-state index contributed by atoms with van der Waals surface area (Å²) in [5, 5.41) is 9.30. The van der Waals surface area contributed by atoms with Crippen molar-refractivity contribution in [3.63, 3.8) is 0 Å². The van der Waals surface area contributed by atoms with Crippen LogP contribution in [0.15, 0.2) is 12.1 Å². The number of benzene rings is 1. The highest BCUT2D eigenvalue weighted by Gasteiger charge is 2.26. The van der Waals surface area contributed by atoms with E-state index in [9.17, 15) is 5.11 Å². The standard InChI is InChI=1S/C16H22ClNO3S/c1-9(2)20-14-18-12-8-10(21-15(3,4)5)7-11(13(12)22-14)16(6,17)19/h7-9,19H,1-6H3/t16-/m0/s1. The van der Waals surface area contributed by atoms with Gasteiger partial charge in [0, 0.05) is 11.6 Å². The molecular formula is C16H22ClNO3S. The molecule has 0 aliphatic carbocycles. The molecule has 2 rings (SSSR count). The van der Waals surface area contributed by atoms with Crippen molar-refractivity contribution in [3.8, 4) is 10.9 Å². The number of ether oxygens (including phenoxy) is 2. The van der Waals surface area contributed by atoms with Gasteiger partial charge in [-0.1, -0.05) is 22.9 Å². The molecule has 1 aromatic carbocycles. The maximum Gasteiger partial charge on any atom is 0.274 e. The molecule has 0 fully saturated rings. The largest absolute Gasteiger partial charge is 0.488 e. The summed E-state index contributed by atoms with van der Waals surface area (Å²) in [5.41, 5.74) is 0.927. The van der Waals surface area contributed by atoms with Crippen LogP contribution in [0.4, 0.5) is 0 Å². The molecule has 0 saturated heterocycles. The number of hydrogen-bond donors (Lipinski definition) is 1. The molecule has 0 saturated carbocycles. The highest BCUT2D eigenvalue weighted by Crippen LogP contribution is 2.40. The first-order valence-electron chi connectivity index (χ1n) is 7.18. The Labute approximate surface area is 140 Å². The Morgan fingerprint density at radius 2 is 1.86 bits per heavy atom. The van der Waals surface area contributed by atoms with Gasteiger partial charge in [0.25, 0.3) is 5.19 Å². The van der Waals surface area contributed by atoms with Gasteiger partial charge in [-0.25, -0.2) is 4.98 Å². The topological polar surface area (TPSA) is 51.6 Å². The molecular weight excluding hydrogens is 322 g/mol. The van der Waals surface area contributed by atoms with E-state index in [0.29, 0.717) is 22.0 Å². The van der Waals surface area contributed by atoms with Crippen molar-refractivity contribution in [1.29, 1.82) is 0 Å². The van der Waals surface area contributed by atoms with E-state index < -0.39 is 5.06 Å². The first-order valence-corrected chi connectivity index (χ1v) is 8.37. The molecule has 122 valence electrons. The number of aliphatic hydroxyl groups is 1. The van der Waals surface area contributed by atoms with Gasteiger partial charge >= 0.3 is 0 Å². The number of aromatic nitrogens is 1. The van der Waals surface area contributed by atoms with E-state index >= 15 is 0 Å². The lowest BCUT2D eigenvalue weighted by atomic mass is 10.1. The van der Waals surface area contributed by atoms with Crippen molar-refractivity contribution in [2.75, 3.05) is 0 Å². The Balaban J connectivity index is 2.58. The molecule has 0 aliphatic rings. The average Bonchev–Trinajstić information content (AvgIpc) is 2.64. The molecule has 1 aromatic heterocycles. The Hall–Kier alpha value is -1.04. The third-order valence-corrected chi connectivity index (χ3v) is 3.90. The first-order chi connectivity index (χ1) is 9.95. The van der Waals surface area contributed by atoms with Crippen molar-refractivity contribution in [2.24, 2.45) is 0 Å². The minimum atomic E-state index is -1.50. The number of thiazole rings is 1. The molecule has 1 atom stereocenters. The lowest BCUT2D eigenvalue weighted by molar-refractivity contribution is 0.128. The van der Waals surface area contributed by atoms with Gasteiger partial charge in [0.15, 0.2) is 5.06 Å². The summed E-state index contributed by atoms with van der Waals surface area (Å²) in [6, 6.07) is 3.61. The maximum atomic E-state index is 10.2. The molecule has 0 amide bonds. The first kappa shape index (κ1) is 17.3. The van der Waals surface area contributed by atoms with Crippen molar-refractivity contribution in [3.05, 3.63) is 17.7 Å². The predicted octanol–water partition coefficient (Wildman–Crippen LogP) is 4.66. The molecule has 6 heteroatoms. The average molecular weight is 344 g/mol. The van der Waals surface area contributed by atoms with Crippen LogP contribution in [0.25, 0.3) is 10.2 Å². The summed E-state index contributed by atoms with van der Waals surface area (Å²) in [6.45, 7) is 11.3. The number of alkyl halides is 1. The van der Waals surface area contributed by atoms with Crippen molar-refractivity contribution in [1.82, 2.24) is 4.98 Å². The number of hydrogen-bond acceptors (Lipinski definition) is 5. The van der Waals surface area contributed by atoms with E-state index in [4.69, 9.17) is 21.1 Å². The van der Waals surface area contributed by atoms with Gasteiger partial charge in [-0.15, -0.1) is 0 Å². The summed E-state index contributed by atoms with van der Waals surface area (Å²) in [5.74, 6) is 0.623. The van der Waals surface area contributed by atoms with Gasteiger partial charge in [0.05, 0.1) is 16.3 Å². The van der Waals surface area contributed by atoms with Crippen LogP contribution in [-0.2, 0) is 5.06 Å². The van der Waals surface area contributed by atoms with E-state index in [1.807, 2.05) is 40.7 Å². The van der Waals surface area contributed by atoms with Crippen LogP contribution < -0.4 is 9.47 Å². The van der Waals surface area contributed by atoms with Gasteiger partial charge in [-0.2, -0.15) is 0 Å². The summed E-state index contributed by atoms with van der Waals surface area (Å²) in [7, 11) is 0. The fourth-order valence-electron chi connectivity index (χ4n) is 1.99. The van der Waals surface area contributed by atoms with E-state index in [1.165, 1.54) is 18.3 Å². The molecule has 1 N–H and O–H groups in total. The van der Waals surface area contributed by atoms with Crippen molar-refractivity contribution < 1.29 is 14.6 Å². The van der Waals surface area contributed by atoms with Gasteiger partial charge < -0.3 is 14.6 Å². The highest BCUT2D eigenvalue weighted by molar-refractivity contribution is 7.20. The van der Waals surface area contributed by atoms with Crippen molar-refractivity contribution in [2.45, 2.75) is 58.3 Å². The molecule has 0 spiro atoms. The molecule has 4 nitrogen and oxygen atoms in total. The van der Waals surface area contributed by atoms with Crippen LogP contribution in [0.1, 0.15) is 47.1 Å². The lowest BCUT2D eigenvalue weighted by Crippen LogP contribution is -2.23. The van der Waals surface area contributed by atoms with Crippen LogP contribution in [0, 0.1) is 0 Å². The summed E-state index contributed by atoms with van der Waals surface area (Å²) in [4.78, 5) is 4.46. The summed E-state index contributed by atoms with van der Waals surface area (Å²) in [6.07, 6.45) is 0.0332. The van der Waals surface area contributed by atoms with E-state index in [-0.39, 0.29) is 11.7 Å². The third kappa shape index (κ3) is 4.24. The smallest absolute Gasteiger partial charge is 0.274 e. The minimum absolute atomic E-state index is 0.0332. The molecule has 1 heterocycles. The van der Waals surface area contributed by atoms with E-state index in [0.717, 1.165) is 4.70 Å². The van der Waals surface area contributed by atoms with Crippen LogP contribution in [0.3, 0.4) is 0 Å². The second-order valence-electron chi connectivity index (χ2n) is 6.63. The molecule has 0 bridgehead atoms. The van der Waals surface area contributed by atoms with Crippen LogP contribution >= 0.6 is 22.9 Å². The zero-order valence-corrected chi connectivity index (χ0v) is 15.3. The monoisotopic (exact) mass is 343 g/mol. The summed E-state index contributed by atoms with van der Waals surface area (Å²) < 4.78 is 12.3. The molecule has 22 heavy (non-hydrogen) atoms. The SMILES string of the molecule is CC(C)Oc1nc2cc(OC(C)(C)C)cc([C@](C)(O)Cl)c2s1. The second-order valence-corrected chi connectivity index (χ2v) is 8.33. The normalized spacial score (nSPS) is 15.1. The van der Waals surface area contributed by atoms with Gasteiger partial charge in [0.2, 0.25) is 0 Å². The Kier molecular flexibility index (Phi) is 4.62. The van der Waals surface area contributed by atoms with Crippen LogP contribution in [0.2, 0.25) is 0 Å². The Morgan fingerprint density at radius 3 is 2.36 bits per heavy atom. The van der Waals surface area contributed by atoms with Gasteiger partial charge in [-0.3, -0.25) is 0 Å². The molecule has 0 aliphatic heterocycles. The minimum Gasteiger partial charge on any atom is -0.488 e. The fourth-order valence-corrected chi connectivity index (χ4v) is 3.33. The quantitative estimate of drug-likeness (QED) is 0.820. The van der Waals surface area contributed by atoms with Crippen molar-refractivity contribution >= 4 is 33.2 Å². The van der Waals surface area contributed by atoms with E-state index in [2.05, 4.69) is 4.98 Å². The molecule has 2 aromatic rings. The third-order valence-electron chi connectivity index (χ3n) is 2.70. The van der Waals surface area contributed by atoms with E-state index in [1.54, 1.807) is 6.07 Å². The summed E-state index contributed by atoms with van der Waals surface area (Å²) >= 11 is 7.51. The van der Waals surface area contributed by atoms with Gasteiger partial charge in [0.1, 0.15) is 11.4 Å². The number of nitrogens with zero attached hydrogens (tertiary/aromatic N) is 1. The fraction of sp³-hybridized carbons (Fsp3) is 0.562. The Bertz CT molecular complexity index is 668. The lowest BCUT2D eigenvalue weighted by Gasteiger charge is -2.23. The highest BCUT2D eigenvalue weighted by atomic mass is 35.5. The maximum absolute atomic E-state index is 10.2. The van der Waals surface area contributed by atoms with Crippen LogP contribution in [0.5, 0.6) is 10.9 Å². The van der Waals surface area contributed by atoms with Gasteiger partial charge in [-0.05, 0) is 47.6 Å². The number of rotatable bonds is 4. The number of halogens is 1.